The summed E-state index contributed by atoms with van der Waals surface area (Å²) in [5, 5.41) is 0. The highest BCUT2D eigenvalue weighted by molar-refractivity contribution is 9.10. The van der Waals surface area contributed by atoms with E-state index >= 15 is 0 Å². The molecule has 0 radical (unpaired) electrons. The van der Waals surface area contributed by atoms with Gasteiger partial charge in [0.25, 0.3) is 0 Å². The zero-order chi connectivity index (χ0) is 21.1. The Morgan fingerprint density at radius 2 is 1.26 bits per heavy atom. The predicted molar refractivity (Wildman–Crippen MR) is 135 cm³/mol. The predicted octanol–water partition coefficient (Wildman–Crippen LogP) is 9.68. The molecule has 0 aromatic heterocycles. The van der Waals surface area contributed by atoms with Gasteiger partial charge >= 0.3 is 0 Å². The fraction of sp³-hybridized carbons (Fsp3) is 0.600. The van der Waals surface area contributed by atoms with Crippen LogP contribution < -0.4 is 0 Å². The minimum atomic E-state index is 0.689. The Hall–Kier alpha value is -1.08. The Labute approximate surface area is 197 Å². The van der Waals surface area contributed by atoms with Crippen LogP contribution in [0.1, 0.15) is 124 Å². The maximum absolute atomic E-state index is 4.02. The first-order valence-corrected chi connectivity index (χ1v) is 13.8. The molecule has 2 fully saturated rings. The summed E-state index contributed by atoms with van der Waals surface area (Å²) in [6.07, 6.45) is 14.2. The number of hydrogen-bond acceptors (Lipinski definition) is 0. The topological polar surface area (TPSA) is 0 Å². The van der Waals surface area contributed by atoms with Gasteiger partial charge < -0.3 is 0 Å². The van der Waals surface area contributed by atoms with Crippen LogP contribution in [-0.4, -0.2) is 0 Å². The van der Waals surface area contributed by atoms with Crippen LogP contribution >= 0.6 is 15.9 Å². The van der Waals surface area contributed by atoms with Gasteiger partial charge in [-0.3, -0.25) is 0 Å². The summed E-state index contributed by atoms with van der Waals surface area (Å²) in [4.78, 5) is 0. The van der Waals surface area contributed by atoms with Crippen LogP contribution in [0.25, 0.3) is 11.1 Å². The molecule has 0 amide bonds. The first-order valence-electron chi connectivity index (χ1n) is 13.0. The monoisotopic (exact) mass is 476 g/mol. The molecule has 0 aliphatic heterocycles. The molecule has 6 atom stereocenters. The SMILES string of the molecule is CC1CC2CCCC(C2)c2ccc(-c3cc4c(cc3Br)C3CCCC(CC4C)C3)cc21. The minimum Gasteiger partial charge on any atom is -0.0584 e. The summed E-state index contributed by atoms with van der Waals surface area (Å²) < 4.78 is 1.31. The molecule has 4 bridgehead atoms. The van der Waals surface area contributed by atoms with Crippen molar-refractivity contribution in [3.63, 3.8) is 0 Å². The molecule has 2 saturated carbocycles. The van der Waals surface area contributed by atoms with E-state index in [4.69, 9.17) is 0 Å². The second-order valence-corrected chi connectivity index (χ2v) is 12.4. The lowest BCUT2D eigenvalue weighted by Gasteiger charge is -2.27. The molecular weight excluding hydrogens is 440 g/mol. The molecule has 6 rings (SSSR count). The molecule has 2 aromatic rings. The maximum Gasteiger partial charge on any atom is 0.0256 e. The quantitative estimate of drug-likeness (QED) is 0.383. The van der Waals surface area contributed by atoms with Crippen molar-refractivity contribution >= 4 is 15.9 Å². The highest BCUT2D eigenvalue weighted by atomic mass is 79.9. The fourth-order valence-electron chi connectivity index (χ4n) is 7.98. The van der Waals surface area contributed by atoms with Gasteiger partial charge in [0.05, 0.1) is 0 Å². The van der Waals surface area contributed by atoms with Crippen molar-refractivity contribution in [2.24, 2.45) is 11.8 Å². The highest BCUT2D eigenvalue weighted by Gasteiger charge is 2.33. The van der Waals surface area contributed by atoms with Crippen molar-refractivity contribution < 1.29 is 0 Å². The van der Waals surface area contributed by atoms with Gasteiger partial charge in [0.2, 0.25) is 0 Å². The molecule has 2 aromatic carbocycles. The third kappa shape index (κ3) is 3.64. The summed E-state index contributed by atoms with van der Waals surface area (Å²) in [5.41, 5.74) is 9.47. The number of halogens is 1. The summed E-state index contributed by atoms with van der Waals surface area (Å²) in [7, 11) is 0. The van der Waals surface area contributed by atoms with Gasteiger partial charge in [-0.2, -0.15) is 0 Å². The number of hydrogen-bond donors (Lipinski definition) is 0. The highest BCUT2D eigenvalue weighted by Crippen LogP contribution is 2.50. The van der Waals surface area contributed by atoms with E-state index in [9.17, 15) is 0 Å². The van der Waals surface area contributed by atoms with Crippen molar-refractivity contribution in [2.75, 3.05) is 0 Å². The molecule has 0 saturated heterocycles. The van der Waals surface area contributed by atoms with E-state index in [0.717, 1.165) is 23.7 Å². The van der Waals surface area contributed by atoms with E-state index in [1.807, 2.05) is 0 Å². The molecule has 6 unspecified atom stereocenters. The lowest BCUT2D eigenvalue weighted by Crippen LogP contribution is -2.12. The Kier molecular flexibility index (Phi) is 5.33. The van der Waals surface area contributed by atoms with Crippen molar-refractivity contribution in [2.45, 2.75) is 102 Å². The van der Waals surface area contributed by atoms with E-state index in [-0.39, 0.29) is 0 Å². The van der Waals surface area contributed by atoms with Gasteiger partial charge in [0.1, 0.15) is 0 Å². The van der Waals surface area contributed by atoms with Gasteiger partial charge in [0.15, 0.2) is 0 Å². The molecule has 31 heavy (non-hydrogen) atoms. The van der Waals surface area contributed by atoms with Gasteiger partial charge in [-0.1, -0.05) is 73.7 Å². The second kappa shape index (κ2) is 8.05. The number of fused-ring (bicyclic) bond motifs is 8. The van der Waals surface area contributed by atoms with Gasteiger partial charge in [-0.25, -0.2) is 0 Å². The first-order chi connectivity index (χ1) is 15.1. The average molecular weight is 478 g/mol. The Morgan fingerprint density at radius 3 is 1.94 bits per heavy atom. The molecule has 0 spiro atoms. The summed E-state index contributed by atoms with van der Waals surface area (Å²) >= 11 is 4.02. The van der Waals surface area contributed by atoms with E-state index < -0.39 is 0 Å². The summed E-state index contributed by atoms with van der Waals surface area (Å²) in [5.74, 6) is 4.87. The normalized spacial score (nSPS) is 34.3. The van der Waals surface area contributed by atoms with Crippen molar-refractivity contribution in [1.82, 2.24) is 0 Å². The van der Waals surface area contributed by atoms with E-state index in [1.54, 1.807) is 22.3 Å². The third-order valence-electron chi connectivity index (χ3n) is 9.45. The van der Waals surface area contributed by atoms with Crippen LogP contribution in [-0.2, 0) is 0 Å². The maximum atomic E-state index is 4.02. The molecule has 0 heterocycles. The molecule has 4 aliphatic carbocycles. The van der Waals surface area contributed by atoms with Crippen LogP contribution in [0.2, 0.25) is 0 Å². The Bertz CT molecular complexity index is 988. The Balaban J connectivity index is 1.43. The summed E-state index contributed by atoms with van der Waals surface area (Å²) in [6.45, 7) is 4.97. The van der Waals surface area contributed by atoms with Gasteiger partial charge in [-0.05, 0) is 120 Å². The molecular formula is C30H37Br. The molecule has 0 nitrogen and oxygen atoms in total. The summed E-state index contributed by atoms with van der Waals surface area (Å²) in [6, 6.07) is 12.6. The van der Waals surface area contributed by atoms with Crippen LogP contribution in [0, 0.1) is 11.8 Å². The third-order valence-corrected chi connectivity index (χ3v) is 10.1. The fourth-order valence-corrected chi connectivity index (χ4v) is 8.57. The lowest BCUT2D eigenvalue weighted by molar-refractivity contribution is 0.308. The zero-order valence-electron chi connectivity index (χ0n) is 19.3. The number of rotatable bonds is 1. The van der Waals surface area contributed by atoms with Crippen LogP contribution in [0.3, 0.4) is 0 Å². The standard InChI is InChI=1S/C30H37Br/c1-18-11-20-5-3-7-22(13-20)25-10-9-24(15-26(18)25)29-16-27-19(2)12-21-6-4-8-23(14-21)28(27)17-30(29)31/h9-10,15-23H,3-8,11-14H2,1-2H3. The van der Waals surface area contributed by atoms with Gasteiger partial charge in [0, 0.05) is 4.47 Å². The average Bonchev–Trinajstić information content (AvgIpc) is 2.92. The second-order valence-electron chi connectivity index (χ2n) is 11.5. The largest absolute Gasteiger partial charge is 0.0584 e. The van der Waals surface area contributed by atoms with Crippen molar-refractivity contribution in [1.29, 1.82) is 0 Å². The van der Waals surface area contributed by atoms with Crippen LogP contribution in [0.5, 0.6) is 0 Å². The molecule has 1 heteroatoms. The lowest BCUT2D eigenvalue weighted by atomic mass is 9.78. The molecule has 0 N–H and O–H groups in total. The minimum absolute atomic E-state index is 0.689. The van der Waals surface area contributed by atoms with E-state index in [1.165, 1.54) is 79.8 Å². The molecule has 4 aliphatic rings. The smallest absolute Gasteiger partial charge is 0.0256 e. The van der Waals surface area contributed by atoms with Gasteiger partial charge in [-0.15, -0.1) is 0 Å². The van der Waals surface area contributed by atoms with Crippen molar-refractivity contribution in [3.8, 4) is 11.1 Å². The molecule has 164 valence electrons. The van der Waals surface area contributed by atoms with E-state index in [0.29, 0.717) is 11.8 Å². The Morgan fingerprint density at radius 1 is 0.645 bits per heavy atom. The zero-order valence-corrected chi connectivity index (χ0v) is 20.9. The van der Waals surface area contributed by atoms with Crippen LogP contribution in [0.15, 0.2) is 34.8 Å². The first kappa shape index (κ1) is 20.5. The van der Waals surface area contributed by atoms with Crippen LogP contribution in [0.4, 0.5) is 0 Å². The van der Waals surface area contributed by atoms with Crippen molar-refractivity contribution in [3.05, 3.63) is 57.1 Å². The number of benzene rings is 2. The van der Waals surface area contributed by atoms with E-state index in [2.05, 4.69) is 60.1 Å².